The fourth-order valence-electron chi connectivity index (χ4n) is 1.91. The van der Waals surface area contributed by atoms with Gasteiger partial charge in [0, 0.05) is 10.8 Å². The van der Waals surface area contributed by atoms with Crippen molar-refractivity contribution in [3.8, 4) is 0 Å². The predicted molar refractivity (Wildman–Crippen MR) is 67.7 cm³/mol. The van der Waals surface area contributed by atoms with Gasteiger partial charge >= 0.3 is 0 Å². The maximum atomic E-state index is 4.23. The van der Waals surface area contributed by atoms with Crippen LogP contribution in [0.15, 0.2) is 24.4 Å². The molecule has 2 rings (SSSR count). The molecular weight excluding hydrogens is 196 g/mol. The van der Waals surface area contributed by atoms with E-state index >= 15 is 0 Å². The largest absolute Gasteiger partial charge is 0.158 e. The first kappa shape index (κ1) is 11.1. The lowest BCUT2D eigenvalue weighted by molar-refractivity contribution is 0.798. The van der Waals surface area contributed by atoms with Crippen LogP contribution in [0.25, 0.3) is 10.8 Å². The molecule has 2 nitrogen and oxygen atoms in total. The van der Waals surface area contributed by atoms with Crippen LogP contribution in [0.1, 0.15) is 50.8 Å². The lowest BCUT2D eigenvalue weighted by atomic mass is 9.97. The summed E-state index contributed by atoms with van der Waals surface area (Å²) in [7, 11) is 0. The van der Waals surface area contributed by atoms with Crippen LogP contribution in [-0.2, 0) is 0 Å². The summed E-state index contributed by atoms with van der Waals surface area (Å²) in [6.45, 7) is 8.72. The van der Waals surface area contributed by atoms with E-state index in [2.05, 4.69) is 56.1 Å². The molecule has 16 heavy (non-hydrogen) atoms. The van der Waals surface area contributed by atoms with Crippen molar-refractivity contribution in [1.29, 1.82) is 0 Å². The van der Waals surface area contributed by atoms with Crippen molar-refractivity contribution in [3.63, 3.8) is 0 Å². The van der Waals surface area contributed by atoms with Crippen LogP contribution in [0.3, 0.4) is 0 Å². The molecule has 2 heteroatoms. The lowest BCUT2D eigenvalue weighted by Gasteiger charge is -2.10. The summed E-state index contributed by atoms with van der Waals surface area (Å²) in [5, 5.41) is 10.7. The molecule has 1 heterocycles. The summed E-state index contributed by atoms with van der Waals surface area (Å²) in [6, 6.07) is 6.59. The maximum absolute atomic E-state index is 4.23. The van der Waals surface area contributed by atoms with E-state index in [4.69, 9.17) is 0 Å². The van der Waals surface area contributed by atoms with Gasteiger partial charge in [-0.3, -0.25) is 0 Å². The minimum absolute atomic E-state index is 0.418. The summed E-state index contributed by atoms with van der Waals surface area (Å²) in [5.74, 6) is 0.973. The van der Waals surface area contributed by atoms with Crippen molar-refractivity contribution in [2.24, 2.45) is 0 Å². The van der Waals surface area contributed by atoms with Gasteiger partial charge in [-0.05, 0) is 23.5 Å². The second kappa shape index (κ2) is 4.20. The van der Waals surface area contributed by atoms with Gasteiger partial charge in [-0.25, -0.2) is 0 Å². The van der Waals surface area contributed by atoms with E-state index in [1.807, 2.05) is 6.20 Å². The van der Waals surface area contributed by atoms with Crippen LogP contribution in [0.4, 0.5) is 0 Å². The molecule has 0 aliphatic carbocycles. The molecule has 1 aromatic heterocycles. The summed E-state index contributed by atoms with van der Waals surface area (Å²) in [4.78, 5) is 0. The van der Waals surface area contributed by atoms with Crippen LogP contribution in [0.5, 0.6) is 0 Å². The molecule has 84 valence electrons. The number of hydrogen-bond acceptors (Lipinski definition) is 2. The minimum Gasteiger partial charge on any atom is -0.158 e. The molecule has 0 fully saturated rings. The Hall–Kier alpha value is -1.44. The van der Waals surface area contributed by atoms with E-state index in [1.165, 1.54) is 16.3 Å². The van der Waals surface area contributed by atoms with Crippen molar-refractivity contribution in [2.45, 2.75) is 39.5 Å². The lowest BCUT2D eigenvalue weighted by Crippen LogP contribution is -1.97. The Balaban J connectivity index is 2.64. The van der Waals surface area contributed by atoms with Crippen molar-refractivity contribution in [3.05, 3.63) is 35.7 Å². The smallest absolute Gasteiger partial charge is 0.0734 e. The van der Waals surface area contributed by atoms with Gasteiger partial charge in [0.1, 0.15) is 0 Å². The SMILES string of the molecule is CC(C)c1ccc2c(C(C)C)nncc2c1. The fraction of sp³-hybridized carbons (Fsp3) is 0.429. The Morgan fingerprint density at radius 2 is 1.75 bits per heavy atom. The summed E-state index contributed by atoms with van der Waals surface area (Å²) in [6.07, 6.45) is 1.85. The topological polar surface area (TPSA) is 25.8 Å². The Morgan fingerprint density at radius 3 is 2.38 bits per heavy atom. The molecule has 0 aliphatic heterocycles. The zero-order valence-corrected chi connectivity index (χ0v) is 10.4. The Morgan fingerprint density at radius 1 is 1.00 bits per heavy atom. The third-order valence-electron chi connectivity index (χ3n) is 2.93. The van der Waals surface area contributed by atoms with E-state index in [-0.39, 0.29) is 0 Å². The molecular formula is C14H18N2. The highest BCUT2D eigenvalue weighted by Gasteiger charge is 2.08. The first-order valence-corrected chi connectivity index (χ1v) is 5.85. The average Bonchev–Trinajstić information content (AvgIpc) is 2.27. The van der Waals surface area contributed by atoms with Crippen molar-refractivity contribution in [2.75, 3.05) is 0 Å². The summed E-state index contributed by atoms with van der Waals surface area (Å²) < 4.78 is 0. The molecule has 0 spiro atoms. The Bertz CT molecular complexity index is 501. The normalized spacial score (nSPS) is 11.6. The highest BCUT2D eigenvalue weighted by atomic mass is 15.1. The van der Waals surface area contributed by atoms with Gasteiger partial charge in [-0.1, -0.05) is 39.8 Å². The molecule has 0 bridgehead atoms. The van der Waals surface area contributed by atoms with Crippen LogP contribution >= 0.6 is 0 Å². The monoisotopic (exact) mass is 214 g/mol. The molecule has 0 radical (unpaired) electrons. The molecule has 0 unspecified atom stereocenters. The maximum Gasteiger partial charge on any atom is 0.0734 e. The van der Waals surface area contributed by atoms with Gasteiger partial charge in [0.2, 0.25) is 0 Å². The highest BCUT2D eigenvalue weighted by Crippen LogP contribution is 2.25. The molecule has 1 aromatic carbocycles. The number of benzene rings is 1. The van der Waals surface area contributed by atoms with Crippen LogP contribution < -0.4 is 0 Å². The molecule has 2 aromatic rings. The molecule has 0 N–H and O–H groups in total. The number of nitrogens with zero attached hydrogens (tertiary/aromatic N) is 2. The van der Waals surface area contributed by atoms with E-state index in [0.717, 1.165) is 5.69 Å². The summed E-state index contributed by atoms with van der Waals surface area (Å²) >= 11 is 0. The molecule has 0 atom stereocenters. The molecule has 0 saturated carbocycles. The molecule has 0 saturated heterocycles. The van der Waals surface area contributed by atoms with Gasteiger partial charge in [-0.15, -0.1) is 0 Å². The van der Waals surface area contributed by atoms with E-state index in [0.29, 0.717) is 11.8 Å². The van der Waals surface area contributed by atoms with Gasteiger partial charge in [0.05, 0.1) is 11.9 Å². The number of fused-ring (bicyclic) bond motifs is 1. The van der Waals surface area contributed by atoms with E-state index in [1.54, 1.807) is 0 Å². The van der Waals surface area contributed by atoms with Crippen molar-refractivity contribution >= 4 is 10.8 Å². The number of aromatic nitrogens is 2. The van der Waals surface area contributed by atoms with Gasteiger partial charge < -0.3 is 0 Å². The zero-order valence-electron chi connectivity index (χ0n) is 10.4. The standard InChI is InChI=1S/C14H18N2/c1-9(2)11-5-6-13-12(7-11)8-15-16-14(13)10(3)4/h5-10H,1-4H3. The third-order valence-corrected chi connectivity index (χ3v) is 2.93. The second-order valence-electron chi connectivity index (χ2n) is 4.89. The predicted octanol–water partition coefficient (Wildman–Crippen LogP) is 3.88. The van der Waals surface area contributed by atoms with Crippen LogP contribution in [0.2, 0.25) is 0 Å². The molecule has 0 amide bonds. The third kappa shape index (κ3) is 1.92. The van der Waals surface area contributed by atoms with Gasteiger partial charge in [0.25, 0.3) is 0 Å². The van der Waals surface area contributed by atoms with Gasteiger partial charge in [0.15, 0.2) is 0 Å². The zero-order chi connectivity index (χ0) is 11.7. The number of hydrogen-bond donors (Lipinski definition) is 0. The van der Waals surface area contributed by atoms with Gasteiger partial charge in [-0.2, -0.15) is 10.2 Å². The average molecular weight is 214 g/mol. The van der Waals surface area contributed by atoms with E-state index in [9.17, 15) is 0 Å². The van der Waals surface area contributed by atoms with Crippen LogP contribution in [0, 0.1) is 0 Å². The summed E-state index contributed by atoms with van der Waals surface area (Å²) in [5.41, 5.74) is 2.45. The first-order valence-electron chi connectivity index (χ1n) is 5.85. The van der Waals surface area contributed by atoms with Crippen molar-refractivity contribution in [1.82, 2.24) is 10.2 Å². The van der Waals surface area contributed by atoms with Crippen LogP contribution in [-0.4, -0.2) is 10.2 Å². The fourth-order valence-corrected chi connectivity index (χ4v) is 1.91. The minimum atomic E-state index is 0.418. The highest BCUT2D eigenvalue weighted by molar-refractivity contribution is 5.84. The quantitative estimate of drug-likeness (QED) is 0.758. The Labute approximate surface area is 96.7 Å². The Kier molecular flexibility index (Phi) is 2.90. The second-order valence-corrected chi connectivity index (χ2v) is 4.89. The van der Waals surface area contributed by atoms with E-state index < -0.39 is 0 Å². The first-order chi connectivity index (χ1) is 7.59. The molecule has 0 aliphatic rings. The van der Waals surface area contributed by atoms with Crippen molar-refractivity contribution < 1.29 is 0 Å². The number of rotatable bonds is 2.